The molecule has 0 aliphatic carbocycles. The summed E-state index contributed by atoms with van der Waals surface area (Å²) in [6.45, 7) is -0.279. The van der Waals surface area contributed by atoms with Crippen LogP contribution in [0.3, 0.4) is 0 Å². The minimum atomic E-state index is -1.16. The molecular weight excluding hydrogens is 198 g/mol. The third-order valence-electron chi connectivity index (χ3n) is 2.00. The van der Waals surface area contributed by atoms with Gasteiger partial charge in [-0.25, -0.2) is 4.79 Å². The van der Waals surface area contributed by atoms with Gasteiger partial charge in [0, 0.05) is 0 Å². The van der Waals surface area contributed by atoms with Gasteiger partial charge in [0.2, 0.25) is 0 Å². The van der Waals surface area contributed by atoms with Crippen molar-refractivity contribution in [1.29, 1.82) is 0 Å². The molecular formula is C10H13NO4. The monoisotopic (exact) mass is 211 g/mol. The molecule has 15 heavy (non-hydrogen) atoms. The number of benzene rings is 1. The molecule has 82 valence electrons. The van der Waals surface area contributed by atoms with Crippen molar-refractivity contribution >= 4 is 6.09 Å². The third kappa shape index (κ3) is 3.14. The van der Waals surface area contributed by atoms with Gasteiger partial charge in [-0.1, -0.05) is 12.1 Å². The van der Waals surface area contributed by atoms with Crippen LogP contribution in [0.15, 0.2) is 24.3 Å². The first-order chi connectivity index (χ1) is 7.17. The number of aliphatic hydroxyl groups excluding tert-OH is 1. The topological polar surface area (TPSA) is 78.8 Å². The predicted molar refractivity (Wildman–Crippen MR) is 54.0 cm³/mol. The summed E-state index contributed by atoms with van der Waals surface area (Å²) in [7, 11) is 1.55. The summed E-state index contributed by atoms with van der Waals surface area (Å²) in [6, 6.07) is 6.22. The smallest absolute Gasteiger partial charge is 0.405 e. The Kier molecular flexibility index (Phi) is 3.93. The first-order valence-corrected chi connectivity index (χ1v) is 4.41. The highest BCUT2D eigenvalue weighted by atomic mass is 16.5. The number of methoxy groups -OCH3 is 1. The van der Waals surface area contributed by atoms with E-state index >= 15 is 0 Å². The van der Waals surface area contributed by atoms with E-state index in [1.54, 1.807) is 31.4 Å². The number of hydrogen-bond donors (Lipinski definition) is 3. The molecule has 0 fully saturated rings. The van der Waals surface area contributed by atoms with E-state index in [1.165, 1.54) is 0 Å². The number of carboxylic acid groups (broad SMARTS) is 1. The number of amides is 1. The van der Waals surface area contributed by atoms with Crippen molar-refractivity contribution in [3.63, 3.8) is 0 Å². The van der Waals surface area contributed by atoms with Crippen LogP contribution in [0.2, 0.25) is 0 Å². The van der Waals surface area contributed by atoms with Crippen molar-refractivity contribution in [2.75, 3.05) is 13.7 Å². The molecule has 1 aromatic rings. The van der Waals surface area contributed by atoms with E-state index < -0.39 is 12.1 Å². The summed E-state index contributed by atoms with van der Waals surface area (Å²) in [5.41, 5.74) is 0.695. The molecule has 0 heterocycles. The maximum absolute atomic E-state index is 10.4. The van der Waals surface area contributed by atoms with Gasteiger partial charge in [0.25, 0.3) is 0 Å². The average molecular weight is 211 g/mol. The largest absolute Gasteiger partial charge is 0.497 e. The molecule has 1 aromatic carbocycles. The van der Waals surface area contributed by atoms with Crippen LogP contribution >= 0.6 is 0 Å². The van der Waals surface area contributed by atoms with Crippen LogP contribution in [0.1, 0.15) is 11.6 Å². The van der Waals surface area contributed by atoms with Gasteiger partial charge in [0.05, 0.1) is 19.8 Å². The minimum absolute atomic E-state index is 0.279. The Labute approximate surface area is 87.3 Å². The zero-order valence-corrected chi connectivity index (χ0v) is 8.30. The summed E-state index contributed by atoms with van der Waals surface area (Å²) in [6.07, 6.45) is -1.16. The van der Waals surface area contributed by atoms with Crippen molar-refractivity contribution in [3.8, 4) is 5.75 Å². The molecule has 1 atom stereocenters. The highest BCUT2D eigenvalue weighted by Gasteiger charge is 2.12. The van der Waals surface area contributed by atoms with Crippen molar-refractivity contribution < 1.29 is 19.7 Å². The lowest BCUT2D eigenvalue weighted by Gasteiger charge is -2.14. The maximum atomic E-state index is 10.4. The van der Waals surface area contributed by atoms with E-state index in [0.717, 1.165) is 0 Å². The third-order valence-corrected chi connectivity index (χ3v) is 2.00. The standard InChI is InChI=1S/C10H13NO4/c1-15-8-4-2-7(3-5-8)9(6-12)11-10(13)14/h2-5,9,11-12H,6H2,1H3,(H,13,14). The second-order valence-corrected chi connectivity index (χ2v) is 2.96. The van der Waals surface area contributed by atoms with Crippen LogP contribution in [-0.4, -0.2) is 30.0 Å². The second-order valence-electron chi connectivity index (χ2n) is 2.96. The average Bonchev–Trinajstić information content (AvgIpc) is 2.26. The first-order valence-electron chi connectivity index (χ1n) is 4.41. The van der Waals surface area contributed by atoms with E-state index in [1.807, 2.05) is 0 Å². The van der Waals surface area contributed by atoms with Crippen LogP contribution in [0.4, 0.5) is 4.79 Å². The van der Waals surface area contributed by atoms with Gasteiger partial charge in [0.15, 0.2) is 0 Å². The summed E-state index contributed by atoms with van der Waals surface area (Å²) < 4.78 is 4.96. The van der Waals surface area contributed by atoms with Gasteiger partial charge in [0.1, 0.15) is 5.75 Å². The SMILES string of the molecule is COc1ccc(C(CO)NC(=O)O)cc1. The highest BCUT2D eigenvalue weighted by Crippen LogP contribution is 2.17. The number of hydrogen-bond acceptors (Lipinski definition) is 3. The molecule has 0 aliphatic rings. The second kappa shape index (κ2) is 5.21. The zero-order valence-electron chi connectivity index (χ0n) is 8.30. The molecule has 1 amide bonds. The van der Waals surface area contributed by atoms with E-state index in [4.69, 9.17) is 14.9 Å². The molecule has 1 rings (SSSR count). The fraction of sp³-hybridized carbons (Fsp3) is 0.300. The van der Waals surface area contributed by atoms with Crippen LogP contribution in [0.5, 0.6) is 5.75 Å². The number of ether oxygens (including phenoxy) is 1. The number of aliphatic hydroxyl groups is 1. The quantitative estimate of drug-likeness (QED) is 0.694. The van der Waals surface area contributed by atoms with E-state index in [2.05, 4.69) is 5.32 Å². The molecule has 0 saturated carbocycles. The van der Waals surface area contributed by atoms with Gasteiger partial charge < -0.3 is 20.3 Å². The normalized spacial score (nSPS) is 11.9. The lowest BCUT2D eigenvalue weighted by Crippen LogP contribution is -2.29. The van der Waals surface area contributed by atoms with Crippen LogP contribution in [0, 0.1) is 0 Å². The van der Waals surface area contributed by atoms with Crippen LogP contribution in [-0.2, 0) is 0 Å². The van der Waals surface area contributed by atoms with Gasteiger partial charge in [-0.2, -0.15) is 0 Å². The Morgan fingerprint density at radius 2 is 2.07 bits per heavy atom. The van der Waals surface area contributed by atoms with Crippen molar-refractivity contribution in [3.05, 3.63) is 29.8 Å². The summed E-state index contributed by atoms with van der Waals surface area (Å²) in [5.74, 6) is 0.686. The maximum Gasteiger partial charge on any atom is 0.405 e. The Morgan fingerprint density at radius 3 is 2.47 bits per heavy atom. The molecule has 0 bridgehead atoms. The molecule has 1 unspecified atom stereocenters. The first kappa shape index (κ1) is 11.3. The van der Waals surface area contributed by atoms with Gasteiger partial charge >= 0.3 is 6.09 Å². The molecule has 0 spiro atoms. The molecule has 0 aromatic heterocycles. The Morgan fingerprint density at radius 1 is 1.47 bits per heavy atom. The van der Waals surface area contributed by atoms with Crippen molar-refractivity contribution in [2.45, 2.75) is 6.04 Å². The van der Waals surface area contributed by atoms with Crippen LogP contribution in [0.25, 0.3) is 0 Å². The van der Waals surface area contributed by atoms with E-state index in [0.29, 0.717) is 11.3 Å². The molecule has 3 N–H and O–H groups in total. The molecule has 0 radical (unpaired) electrons. The zero-order chi connectivity index (χ0) is 11.3. The van der Waals surface area contributed by atoms with E-state index in [9.17, 15) is 4.79 Å². The molecule has 5 heteroatoms. The van der Waals surface area contributed by atoms with Crippen LogP contribution < -0.4 is 10.1 Å². The van der Waals surface area contributed by atoms with Crippen molar-refractivity contribution in [1.82, 2.24) is 5.32 Å². The summed E-state index contributed by atoms with van der Waals surface area (Å²) in [5, 5.41) is 19.7. The number of rotatable bonds is 4. The fourth-order valence-electron chi connectivity index (χ4n) is 1.22. The summed E-state index contributed by atoms with van der Waals surface area (Å²) >= 11 is 0. The van der Waals surface area contributed by atoms with Gasteiger partial charge in [-0.3, -0.25) is 0 Å². The molecule has 0 aliphatic heterocycles. The van der Waals surface area contributed by atoms with Gasteiger partial charge in [-0.15, -0.1) is 0 Å². The highest BCUT2D eigenvalue weighted by molar-refractivity contribution is 5.65. The Hall–Kier alpha value is -1.75. The Bertz CT molecular complexity index is 323. The Balaban J connectivity index is 2.78. The lowest BCUT2D eigenvalue weighted by atomic mass is 10.1. The lowest BCUT2D eigenvalue weighted by molar-refractivity contribution is 0.177. The fourth-order valence-corrected chi connectivity index (χ4v) is 1.22. The van der Waals surface area contributed by atoms with Gasteiger partial charge in [-0.05, 0) is 17.7 Å². The number of carbonyl (C=O) groups is 1. The number of nitrogens with one attached hydrogen (secondary N) is 1. The summed E-state index contributed by atoms with van der Waals surface area (Å²) in [4.78, 5) is 10.4. The predicted octanol–water partition coefficient (Wildman–Crippen LogP) is 0.996. The minimum Gasteiger partial charge on any atom is -0.497 e. The molecule has 5 nitrogen and oxygen atoms in total. The molecule has 0 saturated heterocycles. The van der Waals surface area contributed by atoms with E-state index in [-0.39, 0.29) is 6.61 Å². The van der Waals surface area contributed by atoms with Crippen molar-refractivity contribution in [2.24, 2.45) is 0 Å².